The molecule has 0 amide bonds. The van der Waals surface area contributed by atoms with Crippen molar-refractivity contribution in [2.24, 2.45) is 0 Å². The van der Waals surface area contributed by atoms with E-state index < -0.39 is 26.2 Å². The van der Waals surface area contributed by atoms with E-state index in [2.05, 4.69) is 0 Å². The van der Waals surface area contributed by atoms with Crippen LogP contribution < -0.4 is 17.9 Å². The molecule has 2 aromatic rings. The number of hydrogen-bond donors (Lipinski definition) is 3. The van der Waals surface area contributed by atoms with Gasteiger partial charge in [-0.3, -0.25) is 0 Å². The number of phenols is 1. The van der Waals surface area contributed by atoms with E-state index in [0.29, 0.717) is 15.4 Å². The number of hydrogen-bond acceptors (Lipinski definition) is 8. The highest BCUT2D eigenvalue weighted by Crippen LogP contribution is 2.36. The van der Waals surface area contributed by atoms with Crippen molar-refractivity contribution in [2.45, 2.75) is 6.42 Å². The van der Waals surface area contributed by atoms with E-state index in [1.807, 2.05) is 4.72 Å². The number of nitrogens with one attached hydrogen (secondary N) is 1. The van der Waals surface area contributed by atoms with Gasteiger partial charge < -0.3 is 19.1 Å². The second-order valence-electron chi connectivity index (χ2n) is 6.15. The zero-order valence-electron chi connectivity index (χ0n) is 15.4. The van der Waals surface area contributed by atoms with Crippen LogP contribution in [0.3, 0.4) is 0 Å². The molecule has 0 spiro atoms. The molecule has 156 valence electrons. The van der Waals surface area contributed by atoms with E-state index in [1.165, 1.54) is 19.2 Å². The standard InChI is InChI=1S/C17H18N2O8S2/c1-26-15-5-3-4-12(17(15)27-28(2,22)23)8-11-6-7-13(14(20)9-11)19-10-16(21)18-29(19,24)25/h3-7,9-10,18,20-21H,8H2,1-2H3. The Bertz CT molecular complexity index is 1190. The molecule has 0 atom stereocenters. The quantitative estimate of drug-likeness (QED) is 0.569. The van der Waals surface area contributed by atoms with Gasteiger partial charge in [-0.1, -0.05) is 18.2 Å². The molecule has 0 aliphatic carbocycles. The number of nitrogens with zero attached hydrogens (tertiary/aromatic N) is 1. The third kappa shape index (κ3) is 4.49. The third-order valence-electron chi connectivity index (χ3n) is 3.92. The first-order chi connectivity index (χ1) is 13.5. The molecule has 0 bridgehead atoms. The number of benzene rings is 2. The maximum atomic E-state index is 12.0. The third-order valence-corrected chi connectivity index (χ3v) is 5.68. The van der Waals surface area contributed by atoms with Crippen molar-refractivity contribution in [1.82, 2.24) is 4.72 Å². The van der Waals surface area contributed by atoms with Crippen LogP contribution in [0.25, 0.3) is 0 Å². The van der Waals surface area contributed by atoms with E-state index in [0.717, 1.165) is 12.5 Å². The van der Waals surface area contributed by atoms with Crippen molar-refractivity contribution < 1.29 is 36.0 Å². The van der Waals surface area contributed by atoms with E-state index >= 15 is 0 Å². The summed E-state index contributed by atoms with van der Waals surface area (Å²) < 4.78 is 59.9. The van der Waals surface area contributed by atoms with Crippen LogP contribution in [-0.4, -0.2) is 40.4 Å². The molecule has 0 aromatic heterocycles. The molecule has 3 N–H and O–H groups in total. The normalized spacial score (nSPS) is 15.5. The summed E-state index contributed by atoms with van der Waals surface area (Å²) in [7, 11) is -6.47. The van der Waals surface area contributed by atoms with E-state index in [1.54, 1.807) is 24.3 Å². The van der Waals surface area contributed by atoms with E-state index in [9.17, 15) is 27.0 Å². The molecule has 2 aromatic carbocycles. The van der Waals surface area contributed by atoms with Crippen LogP contribution in [0.15, 0.2) is 48.5 Å². The molecule has 3 rings (SSSR count). The highest BCUT2D eigenvalue weighted by atomic mass is 32.2. The van der Waals surface area contributed by atoms with Gasteiger partial charge in [0.2, 0.25) is 5.88 Å². The number of aliphatic hydroxyl groups is 1. The van der Waals surface area contributed by atoms with Gasteiger partial charge in [0, 0.05) is 12.0 Å². The second-order valence-corrected chi connectivity index (χ2v) is 9.28. The van der Waals surface area contributed by atoms with E-state index in [-0.39, 0.29) is 29.4 Å². The minimum absolute atomic E-state index is 0.0280. The smallest absolute Gasteiger partial charge is 0.330 e. The minimum Gasteiger partial charge on any atom is -0.506 e. The zero-order valence-corrected chi connectivity index (χ0v) is 17.0. The van der Waals surface area contributed by atoms with Crippen molar-refractivity contribution in [3.8, 4) is 17.2 Å². The minimum atomic E-state index is -4.04. The fourth-order valence-electron chi connectivity index (χ4n) is 2.78. The molecule has 0 unspecified atom stereocenters. The fraction of sp³-hybridized carbons (Fsp3) is 0.176. The summed E-state index contributed by atoms with van der Waals surface area (Å²) in [5.41, 5.74) is 0.967. The highest BCUT2D eigenvalue weighted by Gasteiger charge is 2.30. The summed E-state index contributed by atoms with van der Waals surface area (Å²) in [4.78, 5) is 0. The van der Waals surface area contributed by atoms with Crippen molar-refractivity contribution in [2.75, 3.05) is 17.7 Å². The molecule has 0 saturated carbocycles. The lowest BCUT2D eigenvalue weighted by molar-refractivity contribution is 0.390. The SMILES string of the molecule is COc1cccc(Cc2ccc(N3C=C(O)NS3(=O)=O)c(O)c2)c1OS(C)(=O)=O. The fourth-order valence-corrected chi connectivity index (χ4v) is 4.34. The number of aromatic hydroxyl groups is 1. The Morgan fingerprint density at radius 3 is 2.45 bits per heavy atom. The van der Waals surface area contributed by atoms with Gasteiger partial charge in [0.1, 0.15) is 11.4 Å². The van der Waals surface area contributed by atoms with Crippen LogP contribution in [0.2, 0.25) is 0 Å². The average Bonchev–Trinajstić information content (AvgIpc) is 2.87. The van der Waals surface area contributed by atoms with Gasteiger partial charge in [-0.15, -0.1) is 0 Å². The Balaban J connectivity index is 1.96. The van der Waals surface area contributed by atoms with Crippen molar-refractivity contribution in [3.63, 3.8) is 0 Å². The summed E-state index contributed by atoms with van der Waals surface area (Å²) in [6.45, 7) is 0. The first-order valence-corrected chi connectivity index (χ1v) is 11.4. The molecule has 1 aliphatic rings. The number of anilines is 1. The summed E-state index contributed by atoms with van der Waals surface area (Å²) >= 11 is 0. The molecule has 10 nitrogen and oxygen atoms in total. The lowest BCUT2D eigenvalue weighted by Gasteiger charge is -2.17. The summed E-state index contributed by atoms with van der Waals surface area (Å²) in [6, 6.07) is 9.09. The number of rotatable bonds is 6. The molecule has 0 radical (unpaired) electrons. The number of methoxy groups -OCH3 is 1. The predicted octanol–water partition coefficient (Wildman–Crippen LogP) is 1.34. The number of ether oxygens (including phenoxy) is 1. The molecular formula is C17H18N2O8S2. The lowest BCUT2D eigenvalue weighted by Crippen LogP contribution is -2.29. The van der Waals surface area contributed by atoms with Crippen LogP contribution in [0, 0.1) is 0 Å². The number of phenolic OH excluding ortho intramolecular Hbond substituents is 1. The summed E-state index contributed by atoms with van der Waals surface area (Å²) in [6.07, 6.45) is 2.00. The summed E-state index contributed by atoms with van der Waals surface area (Å²) in [5, 5.41) is 19.7. The van der Waals surface area contributed by atoms with Gasteiger partial charge in [-0.05, 0) is 23.8 Å². The van der Waals surface area contributed by atoms with E-state index in [4.69, 9.17) is 8.92 Å². The van der Waals surface area contributed by atoms with Crippen LogP contribution in [0.5, 0.6) is 17.2 Å². The Morgan fingerprint density at radius 2 is 1.90 bits per heavy atom. The number of aliphatic hydroxyl groups excluding tert-OH is 1. The zero-order chi connectivity index (χ0) is 21.4. The Kier molecular flexibility index (Phi) is 5.24. The molecular weight excluding hydrogens is 424 g/mol. The van der Waals surface area contributed by atoms with Crippen LogP contribution in [0.1, 0.15) is 11.1 Å². The molecule has 1 heterocycles. The maximum absolute atomic E-state index is 12.0. The van der Waals surface area contributed by atoms with Gasteiger partial charge in [-0.25, -0.2) is 9.03 Å². The first kappa shape index (κ1) is 20.6. The van der Waals surface area contributed by atoms with Crippen LogP contribution in [0.4, 0.5) is 5.69 Å². The highest BCUT2D eigenvalue weighted by molar-refractivity contribution is 7.91. The van der Waals surface area contributed by atoms with Gasteiger partial charge in [-0.2, -0.15) is 16.8 Å². The first-order valence-electron chi connectivity index (χ1n) is 8.10. The molecule has 29 heavy (non-hydrogen) atoms. The van der Waals surface area contributed by atoms with Gasteiger partial charge >= 0.3 is 20.3 Å². The molecule has 0 saturated heterocycles. The van der Waals surface area contributed by atoms with Gasteiger partial charge in [0.05, 0.1) is 19.6 Å². The molecule has 0 fully saturated rings. The van der Waals surface area contributed by atoms with Crippen molar-refractivity contribution in [3.05, 3.63) is 59.6 Å². The Hall–Kier alpha value is -3.12. The van der Waals surface area contributed by atoms with Gasteiger partial charge in [0.25, 0.3) is 0 Å². The maximum Gasteiger partial charge on any atom is 0.330 e. The summed E-state index contributed by atoms with van der Waals surface area (Å²) in [5.74, 6) is -0.677. The van der Waals surface area contributed by atoms with Gasteiger partial charge in [0.15, 0.2) is 11.5 Å². The lowest BCUT2D eigenvalue weighted by atomic mass is 10.0. The Morgan fingerprint density at radius 1 is 1.17 bits per heavy atom. The predicted molar refractivity (Wildman–Crippen MR) is 105 cm³/mol. The van der Waals surface area contributed by atoms with Crippen molar-refractivity contribution >= 4 is 26.0 Å². The monoisotopic (exact) mass is 442 g/mol. The average molecular weight is 442 g/mol. The topological polar surface area (TPSA) is 142 Å². The molecule has 1 aliphatic heterocycles. The largest absolute Gasteiger partial charge is 0.506 e. The molecule has 12 heteroatoms. The van der Waals surface area contributed by atoms with Crippen LogP contribution >= 0.6 is 0 Å². The van der Waals surface area contributed by atoms with Crippen LogP contribution in [-0.2, 0) is 26.7 Å². The number of para-hydroxylation sites is 1. The Labute approximate surface area is 167 Å². The van der Waals surface area contributed by atoms with Crippen molar-refractivity contribution in [1.29, 1.82) is 0 Å². The second kappa shape index (κ2) is 7.37.